The second-order valence-corrected chi connectivity index (χ2v) is 6.25. The number of aryl methyl sites for hydroxylation is 1. The van der Waals surface area contributed by atoms with Gasteiger partial charge in [-0.05, 0) is 55.7 Å². The van der Waals surface area contributed by atoms with E-state index in [-0.39, 0.29) is 0 Å². The Morgan fingerprint density at radius 3 is 2.74 bits per heavy atom. The van der Waals surface area contributed by atoms with Crippen LogP contribution in [0.5, 0.6) is 5.75 Å². The number of ether oxygens (including phenoxy) is 1. The highest BCUT2D eigenvalue weighted by Gasteiger charge is 2.11. The van der Waals surface area contributed by atoms with Crippen molar-refractivity contribution in [1.29, 1.82) is 0 Å². The second kappa shape index (κ2) is 8.98. The molecule has 0 aliphatic rings. The third-order valence-electron chi connectivity index (χ3n) is 4.27. The predicted molar refractivity (Wildman–Crippen MR) is 109 cm³/mol. The Hall–Kier alpha value is -3.15. The Balaban J connectivity index is 1.67. The molecule has 1 N–H and O–H groups in total. The van der Waals surface area contributed by atoms with Crippen LogP contribution in [0.15, 0.2) is 54.7 Å². The van der Waals surface area contributed by atoms with Crippen LogP contribution in [-0.4, -0.2) is 35.4 Å². The van der Waals surface area contributed by atoms with Crippen molar-refractivity contribution >= 4 is 17.5 Å². The van der Waals surface area contributed by atoms with Gasteiger partial charge in [-0.15, -0.1) is 5.10 Å². The van der Waals surface area contributed by atoms with Crippen molar-refractivity contribution in [2.45, 2.75) is 20.3 Å². The summed E-state index contributed by atoms with van der Waals surface area (Å²) in [6.07, 6.45) is 2.52. The lowest BCUT2D eigenvalue weighted by atomic mass is 10.1. The zero-order chi connectivity index (χ0) is 19.1. The Bertz CT molecular complexity index is 884. The van der Waals surface area contributed by atoms with Crippen molar-refractivity contribution in [3.8, 4) is 5.75 Å². The van der Waals surface area contributed by atoms with E-state index in [1.165, 1.54) is 11.1 Å². The molecule has 3 rings (SSSR count). The molecule has 0 aliphatic carbocycles. The fourth-order valence-corrected chi connectivity index (χ4v) is 2.89. The second-order valence-electron chi connectivity index (χ2n) is 6.25. The maximum Gasteiger partial charge on any atom is 0.251 e. The Labute approximate surface area is 160 Å². The van der Waals surface area contributed by atoms with Gasteiger partial charge in [0.05, 0.1) is 13.3 Å². The van der Waals surface area contributed by atoms with Crippen LogP contribution >= 0.6 is 0 Å². The number of anilines is 3. The van der Waals surface area contributed by atoms with Gasteiger partial charge in [0.2, 0.25) is 0 Å². The molecular weight excluding hydrogens is 338 g/mol. The minimum atomic E-state index is 0.592. The van der Waals surface area contributed by atoms with Crippen molar-refractivity contribution in [2.24, 2.45) is 0 Å². The predicted octanol–water partition coefficient (Wildman–Crippen LogP) is 4.00. The van der Waals surface area contributed by atoms with Gasteiger partial charge < -0.3 is 15.0 Å². The summed E-state index contributed by atoms with van der Waals surface area (Å²) >= 11 is 0. The molecule has 0 radical (unpaired) electrons. The number of nitrogens with one attached hydrogen (secondary N) is 1. The molecule has 0 unspecified atom stereocenters. The standard InChI is InChI=1S/C21H25N5O/c1-4-26(18-9-5-7-16(2)13-18)21-24-20(15-23-25-21)22-12-11-17-8-6-10-19(14-17)27-3/h5-10,13-15H,4,11-12H2,1-3H3,(H,22,24,25). The highest BCUT2D eigenvalue weighted by Crippen LogP contribution is 2.23. The summed E-state index contributed by atoms with van der Waals surface area (Å²) in [7, 11) is 1.68. The first-order valence-corrected chi connectivity index (χ1v) is 9.10. The maximum atomic E-state index is 5.27. The number of hydrogen-bond donors (Lipinski definition) is 1. The highest BCUT2D eigenvalue weighted by molar-refractivity contribution is 5.58. The molecule has 0 amide bonds. The van der Waals surface area contributed by atoms with E-state index in [2.05, 4.69) is 58.6 Å². The first-order chi connectivity index (χ1) is 13.2. The van der Waals surface area contributed by atoms with E-state index >= 15 is 0 Å². The molecule has 6 nitrogen and oxygen atoms in total. The van der Waals surface area contributed by atoms with Crippen LogP contribution in [0.4, 0.5) is 17.5 Å². The van der Waals surface area contributed by atoms with E-state index in [0.717, 1.165) is 30.9 Å². The van der Waals surface area contributed by atoms with Crippen molar-refractivity contribution in [2.75, 3.05) is 30.4 Å². The van der Waals surface area contributed by atoms with Crippen LogP contribution in [-0.2, 0) is 6.42 Å². The summed E-state index contributed by atoms with van der Waals surface area (Å²) < 4.78 is 5.27. The minimum absolute atomic E-state index is 0.592. The molecule has 1 heterocycles. The maximum absolute atomic E-state index is 5.27. The molecule has 0 atom stereocenters. The van der Waals surface area contributed by atoms with Gasteiger partial charge >= 0.3 is 0 Å². The van der Waals surface area contributed by atoms with Gasteiger partial charge in [0.15, 0.2) is 5.82 Å². The molecule has 1 aromatic heterocycles. The molecule has 0 bridgehead atoms. The molecule has 3 aromatic rings. The Kier molecular flexibility index (Phi) is 6.20. The van der Waals surface area contributed by atoms with Crippen molar-refractivity contribution < 1.29 is 4.74 Å². The normalized spacial score (nSPS) is 10.5. The molecule has 0 spiro atoms. The molecule has 27 heavy (non-hydrogen) atoms. The first-order valence-electron chi connectivity index (χ1n) is 9.10. The van der Waals surface area contributed by atoms with Crippen LogP contribution in [0.2, 0.25) is 0 Å². The average molecular weight is 363 g/mol. The Morgan fingerprint density at radius 2 is 1.96 bits per heavy atom. The third-order valence-corrected chi connectivity index (χ3v) is 4.27. The van der Waals surface area contributed by atoms with Crippen LogP contribution in [0.25, 0.3) is 0 Å². The van der Waals surface area contributed by atoms with Crippen molar-refractivity contribution in [1.82, 2.24) is 15.2 Å². The molecule has 140 valence electrons. The quantitative estimate of drug-likeness (QED) is 0.653. The molecule has 0 fully saturated rings. The number of methoxy groups -OCH3 is 1. The first kappa shape index (κ1) is 18.6. The van der Waals surface area contributed by atoms with Gasteiger partial charge in [-0.3, -0.25) is 0 Å². The van der Waals surface area contributed by atoms with Crippen molar-refractivity contribution in [3.63, 3.8) is 0 Å². The monoisotopic (exact) mass is 363 g/mol. The molecule has 6 heteroatoms. The van der Waals surface area contributed by atoms with E-state index in [1.807, 2.05) is 29.2 Å². The summed E-state index contributed by atoms with van der Waals surface area (Å²) in [5.74, 6) is 2.18. The summed E-state index contributed by atoms with van der Waals surface area (Å²) in [5, 5.41) is 11.7. The summed E-state index contributed by atoms with van der Waals surface area (Å²) in [6.45, 7) is 5.67. The van der Waals surface area contributed by atoms with Crippen LogP contribution in [0, 0.1) is 6.92 Å². The lowest BCUT2D eigenvalue weighted by Gasteiger charge is -2.21. The molecule has 0 aliphatic heterocycles. The largest absolute Gasteiger partial charge is 0.497 e. The van der Waals surface area contributed by atoms with Gasteiger partial charge in [-0.2, -0.15) is 10.1 Å². The zero-order valence-electron chi connectivity index (χ0n) is 16.0. The number of aromatic nitrogens is 3. The molecule has 0 saturated carbocycles. The van der Waals surface area contributed by atoms with E-state index in [0.29, 0.717) is 11.8 Å². The summed E-state index contributed by atoms with van der Waals surface area (Å²) in [5.41, 5.74) is 3.47. The lowest BCUT2D eigenvalue weighted by Crippen LogP contribution is -2.20. The van der Waals surface area contributed by atoms with Gasteiger partial charge in [-0.1, -0.05) is 24.3 Å². The average Bonchev–Trinajstić information content (AvgIpc) is 2.69. The van der Waals surface area contributed by atoms with Gasteiger partial charge in [0, 0.05) is 18.8 Å². The van der Waals surface area contributed by atoms with E-state index < -0.39 is 0 Å². The summed E-state index contributed by atoms with van der Waals surface area (Å²) in [4.78, 5) is 6.68. The Morgan fingerprint density at radius 1 is 1.11 bits per heavy atom. The minimum Gasteiger partial charge on any atom is -0.497 e. The molecule has 2 aromatic carbocycles. The van der Waals surface area contributed by atoms with Crippen molar-refractivity contribution in [3.05, 3.63) is 65.9 Å². The van der Waals surface area contributed by atoms with Gasteiger partial charge in [0.1, 0.15) is 5.75 Å². The van der Waals surface area contributed by atoms with Crippen LogP contribution in [0.3, 0.4) is 0 Å². The van der Waals surface area contributed by atoms with E-state index in [9.17, 15) is 0 Å². The van der Waals surface area contributed by atoms with E-state index in [4.69, 9.17) is 4.74 Å². The number of nitrogens with zero attached hydrogens (tertiary/aromatic N) is 4. The van der Waals surface area contributed by atoms with Crippen LogP contribution < -0.4 is 15.0 Å². The summed E-state index contributed by atoms with van der Waals surface area (Å²) in [6, 6.07) is 16.4. The SMILES string of the molecule is CCN(c1cccc(C)c1)c1nncc(NCCc2cccc(OC)c2)n1. The topological polar surface area (TPSA) is 63.2 Å². The van der Waals surface area contributed by atoms with Gasteiger partial charge in [-0.25, -0.2) is 0 Å². The fraction of sp³-hybridized carbons (Fsp3) is 0.286. The number of benzene rings is 2. The molecular formula is C21H25N5O. The highest BCUT2D eigenvalue weighted by atomic mass is 16.5. The number of rotatable bonds is 8. The van der Waals surface area contributed by atoms with Gasteiger partial charge in [0.25, 0.3) is 5.95 Å². The fourth-order valence-electron chi connectivity index (χ4n) is 2.89. The third kappa shape index (κ3) is 4.94. The molecule has 0 saturated heterocycles. The smallest absolute Gasteiger partial charge is 0.251 e. The number of hydrogen-bond acceptors (Lipinski definition) is 6. The van der Waals surface area contributed by atoms with E-state index in [1.54, 1.807) is 13.3 Å². The van der Waals surface area contributed by atoms with Crippen LogP contribution in [0.1, 0.15) is 18.1 Å². The lowest BCUT2D eigenvalue weighted by molar-refractivity contribution is 0.414. The zero-order valence-corrected chi connectivity index (χ0v) is 16.0.